The van der Waals surface area contributed by atoms with Crippen molar-refractivity contribution in [1.29, 1.82) is 0 Å². The molecule has 376 valence electrons. The molecule has 2 N–H and O–H groups in total. The Bertz CT molecular complexity index is 3220. The summed E-state index contributed by atoms with van der Waals surface area (Å²) in [6, 6.07) is 15.3. The van der Waals surface area contributed by atoms with Gasteiger partial charge in [-0.15, -0.1) is 0 Å². The number of carbonyl (C=O) groups is 4. The molecule has 0 atom stereocenters. The van der Waals surface area contributed by atoms with Crippen LogP contribution in [0.1, 0.15) is 70.7 Å². The van der Waals surface area contributed by atoms with Gasteiger partial charge in [0, 0.05) is 65.8 Å². The molecular weight excluding hydrogens is 977 g/mol. The zero-order valence-corrected chi connectivity index (χ0v) is 42.2. The van der Waals surface area contributed by atoms with E-state index in [4.69, 9.17) is 0 Å². The second-order valence-electron chi connectivity index (χ2n) is 16.4. The Balaban J connectivity index is 0.000000212. The summed E-state index contributed by atoms with van der Waals surface area (Å²) < 4.78 is 84.0. The molecule has 2 aliphatic heterocycles. The van der Waals surface area contributed by atoms with E-state index in [2.05, 4.69) is 30.6 Å². The maximum Gasteiger partial charge on any atom is 0.328 e. The third-order valence-corrected chi connectivity index (χ3v) is 13.4. The van der Waals surface area contributed by atoms with Gasteiger partial charge in [0.05, 0.1) is 24.5 Å². The fourth-order valence-electron chi connectivity index (χ4n) is 8.21. The zero-order valence-electron chi connectivity index (χ0n) is 40.5. The number of rotatable bonds is 12. The van der Waals surface area contributed by atoms with Crippen LogP contribution in [0.3, 0.4) is 0 Å². The number of halogens is 4. The molecule has 0 fully saturated rings. The summed E-state index contributed by atoms with van der Waals surface area (Å²) >= 11 is 1.24. The Morgan fingerprint density at radius 1 is 0.625 bits per heavy atom. The number of benzene rings is 4. The van der Waals surface area contributed by atoms with Crippen molar-refractivity contribution in [3.63, 3.8) is 0 Å². The molecule has 0 unspecified atom stereocenters. The van der Waals surface area contributed by atoms with E-state index in [-0.39, 0.29) is 47.8 Å². The number of hydrogen-bond donors (Lipinski definition) is 2. The van der Waals surface area contributed by atoms with Gasteiger partial charge in [-0.05, 0) is 107 Å². The number of amides is 6. The minimum absolute atomic E-state index is 0.0678. The topological polar surface area (TPSA) is 191 Å². The van der Waals surface area contributed by atoms with Crippen molar-refractivity contribution in [1.82, 2.24) is 40.4 Å². The Morgan fingerprint density at radius 3 is 1.39 bits per heavy atom. The first-order valence-corrected chi connectivity index (χ1v) is 25.8. The Kier molecular flexibility index (Phi) is 15.6. The summed E-state index contributed by atoms with van der Waals surface area (Å²) in [7, 11) is -4.01. The van der Waals surface area contributed by atoms with Crippen molar-refractivity contribution in [2.24, 2.45) is 0 Å². The fourth-order valence-corrected chi connectivity index (χ4v) is 9.08. The van der Waals surface area contributed by atoms with Gasteiger partial charge in [0.15, 0.2) is 16.8 Å². The third-order valence-electron chi connectivity index (χ3n) is 12.0. The van der Waals surface area contributed by atoms with Gasteiger partial charge >= 0.3 is 12.1 Å². The second-order valence-corrected chi connectivity index (χ2v) is 19.1. The number of nitrogens with one attached hydrogen (secondary N) is 2. The van der Waals surface area contributed by atoms with E-state index in [9.17, 15) is 45.2 Å². The lowest BCUT2D eigenvalue weighted by Gasteiger charge is -2.31. The number of anilines is 4. The molecule has 0 saturated carbocycles. The molecule has 8 rings (SSSR count). The number of aryl methyl sites for hydroxylation is 2. The van der Waals surface area contributed by atoms with E-state index in [1.54, 1.807) is 53.3 Å². The second kappa shape index (κ2) is 21.5. The first-order chi connectivity index (χ1) is 34.3. The SMILES string of the molecule is CCN(CC)C(=O)c1ccc(C)c(-c2nc(S(C)(=O)=O)nc3c2CNC(=O)N3c2c(F)cccc2F)c1.CCN(CC)C(=O)c1ccc(C)c(-c2nc(SC)nc3c2CNC(=O)N3c2c(F)cccc2F)c1. The molecule has 4 aromatic carbocycles. The van der Waals surface area contributed by atoms with Crippen molar-refractivity contribution in [3.05, 3.63) is 129 Å². The van der Waals surface area contributed by atoms with E-state index >= 15 is 0 Å². The van der Waals surface area contributed by atoms with Crippen LogP contribution in [-0.4, -0.2) is 101 Å². The molecule has 4 heterocycles. The van der Waals surface area contributed by atoms with Gasteiger partial charge in [-0.3, -0.25) is 9.59 Å². The van der Waals surface area contributed by atoms with E-state index in [1.807, 2.05) is 40.7 Å². The molecule has 2 aliphatic rings. The van der Waals surface area contributed by atoms with Crippen LogP contribution >= 0.6 is 11.8 Å². The molecule has 72 heavy (non-hydrogen) atoms. The maximum absolute atomic E-state index is 14.7. The molecule has 6 aromatic rings. The van der Waals surface area contributed by atoms with E-state index in [0.29, 0.717) is 75.3 Å². The fraction of sp³-hybridized carbons (Fsp3) is 0.280. The minimum Gasteiger partial charge on any atom is -0.339 e. The molecule has 0 radical (unpaired) electrons. The van der Waals surface area contributed by atoms with Gasteiger partial charge < -0.3 is 20.4 Å². The number of urea groups is 2. The van der Waals surface area contributed by atoms with Crippen molar-refractivity contribution >= 4 is 68.5 Å². The number of aromatic nitrogens is 4. The predicted octanol–water partition coefficient (Wildman–Crippen LogP) is 9.27. The van der Waals surface area contributed by atoms with Crippen LogP contribution in [0.25, 0.3) is 22.5 Å². The number of nitrogens with zero attached hydrogens (tertiary/aromatic N) is 8. The van der Waals surface area contributed by atoms with Gasteiger partial charge in [-0.1, -0.05) is 36.0 Å². The average molecular weight is 1030 g/mol. The molecule has 0 saturated heterocycles. The van der Waals surface area contributed by atoms with Gasteiger partial charge in [0.2, 0.25) is 15.0 Å². The standard InChI is InChI=1S/C25H25F2N5O4S.C25H25F2N5O2S/c1-5-31(6-2)23(33)15-11-10-14(3)16(12-15)20-17-13-28-25(34)32(21-18(26)8-7-9-19(21)27)22(17)30-24(29-20)37(4,35)36;1-5-31(6-2)23(33)15-11-10-14(3)16(12-15)20-17-13-28-25(34)32(22(17)30-24(29-20)35-4)21-18(26)8-7-9-19(21)27/h7-12H,5-6,13H2,1-4H3,(H,28,34);7-12H,5-6,13H2,1-4H3,(H,28,34). The van der Waals surface area contributed by atoms with Crippen LogP contribution in [0.5, 0.6) is 0 Å². The summed E-state index contributed by atoms with van der Waals surface area (Å²) in [5.74, 6) is -4.33. The van der Waals surface area contributed by atoms with Gasteiger partial charge in [0.25, 0.3) is 11.8 Å². The van der Waals surface area contributed by atoms with Crippen molar-refractivity contribution < 1.29 is 45.2 Å². The highest BCUT2D eigenvalue weighted by Crippen LogP contribution is 2.41. The van der Waals surface area contributed by atoms with Crippen LogP contribution in [0.4, 0.5) is 50.2 Å². The van der Waals surface area contributed by atoms with Gasteiger partial charge in [0.1, 0.15) is 34.6 Å². The molecule has 6 amide bonds. The first kappa shape index (κ1) is 52.4. The number of sulfone groups is 1. The minimum atomic E-state index is -4.01. The Morgan fingerprint density at radius 2 is 1.01 bits per heavy atom. The summed E-state index contributed by atoms with van der Waals surface area (Å²) in [6.07, 6.45) is 2.66. The number of hydrogen-bond acceptors (Lipinski definition) is 11. The summed E-state index contributed by atoms with van der Waals surface area (Å²) in [5, 5.41) is 4.93. The normalized spacial score (nSPS) is 13.1. The predicted molar refractivity (Wildman–Crippen MR) is 265 cm³/mol. The molecule has 0 bridgehead atoms. The highest BCUT2D eigenvalue weighted by atomic mass is 32.2. The summed E-state index contributed by atoms with van der Waals surface area (Å²) in [4.78, 5) is 74.1. The summed E-state index contributed by atoms with van der Waals surface area (Å²) in [6.45, 7) is 13.3. The molecule has 2 aromatic heterocycles. The third kappa shape index (κ3) is 10.2. The quantitative estimate of drug-likeness (QED) is 0.0675. The van der Waals surface area contributed by atoms with E-state index in [1.165, 1.54) is 17.8 Å². The van der Waals surface area contributed by atoms with Crippen molar-refractivity contribution in [2.75, 3.05) is 48.5 Å². The number of para-hydroxylation sites is 2. The molecule has 16 nitrogen and oxygen atoms in total. The van der Waals surface area contributed by atoms with Crippen LogP contribution in [-0.2, 0) is 22.9 Å². The molecule has 0 aliphatic carbocycles. The number of thioether (sulfide) groups is 1. The van der Waals surface area contributed by atoms with Crippen LogP contribution in [0, 0.1) is 37.1 Å². The largest absolute Gasteiger partial charge is 0.339 e. The van der Waals surface area contributed by atoms with Crippen molar-refractivity contribution in [3.8, 4) is 22.5 Å². The van der Waals surface area contributed by atoms with Crippen molar-refractivity contribution in [2.45, 2.75) is 64.9 Å². The zero-order chi connectivity index (χ0) is 52.3. The Hall–Kier alpha value is -7.46. The Labute approximate surface area is 417 Å². The highest BCUT2D eigenvalue weighted by Gasteiger charge is 2.37. The lowest BCUT2D eigenvalue weighted by molar-refractivity contribution is 0.0765. The van der Waals surface area contributed by atoms with Crippen LogP contribution in [0.2, 0.25) is 0 Å². The lowest BCUT2D eigenvalue weighted by Crippen LogP contribution is -2.43. The van der Waals surface area contributed by atoms with Gasteiger partial charge in [-0.2, -0.15) is 4.98 Å². The van der Waals surface area contributed by atoms with Crippen LogP contribution < -0.4 is 20.4 Å². The maximum atomic E-state index is 14.7. The van der Waals surface area contributed by atoms with E-state index < -0.39 is 61.7 Å². The lowest BCUT2D eigenvalue weighted by atomic mass is 9.97. The molecule has 22 heteroatoms. The molecule has 0 spiro atoms. The smallest absolute Gasteiger partial charge is 0.328 e. The monoisotopic (exact) mass is 1030 g/mol. The summed E-state index contributed by atoms with van der Waals surface area (Å²) in [5.41, 5.74) is 3.63. The first-order valence-electron chi connectivity index (χ1n) is 22.7. The molecular formula is C50H50F4N10O6S2. The number of carbonyl (C=O) groups excluding carboxylic acids is 4. The van der Waals surface area contributed by atoms with Gasteiger partial charge in [-0.25, -0.2) is 60.3 Å². The number of fused-ring (bicyclic) bond motifs is 2. The van der Waals surface area contributed by atoms with E-state index in [0.717, 1.165) is 47.1 Å². The highest BCUT2D eigenvalue weighted by molar-refractivity contribution is 7.98. The average Bonchev–Trinajstić information content (AvgIpc) is 3.35. The van der Waals surface area contributed by atoms with Crippen LogP contribution in [0.15, 0.2) is 83.1 Å².